The number of carbonyl (C=O) groups excluding carboxylic acids is 1. The highest BCUT2D eigenvalue weighted by Gasteiger charge is 2.37. The first-order chi connectivity index (χ1) is 6.85. The molecule has 1 aromatic rings. The molecule has 3 nitrogen and oxygen atoms in total. The van der Waals surface area contributed by atoms with Crippen molar-refractivity contribution in [3.8, 4) is 0 Å². The molecule has 0 unspecified atom stereocenters. The van der Waals surface area contributed by atoms with Crippen LogP contribution in [0.15, 0.2) is 24.3 Å². The van der Waals surface area contributed by atoms with Gasteiger partial charge in [-0.15, -0.1) is 0 Å². The van der Waals surface area contributed by atoms with E-state index >= 15 is 0 Å². The lowest BCUT2D eigenvalue weighted by Crippen LogP contribution is -2.23. The summed E-state index contributed by atoms with van der Waals surface area (Å²) in [5.74, 6) is -6.03. The van der Waals surface area contributed by atoms with Crippen molar-refractivity contribution in [1.82, 2.24) is 0 Å². The second-order valence-corrected chi connectivity index (χ2v) is 3.01. The minimum absolute atomic E-state index is 0.0990. The van der Waals surface area contributed by atoms with Crippen molar-refractivity contribution in [2.24, 2.45) is 0 Å². The van der Waals surface area contributed by atoms with Crippen LogP contribution in [0.1, 0.15) is 22.8 Å². The van der Waals surface area contributed by atoms with Crippen molar-refractivity contribution in [2.75, 3.05) is 0 Å². The Labute approximate surface area is 84.3 Å². The van der Waals surface area contributed by atoms with Crippen molar-refractivity contribution >= 4 is 11.8 Å². The number of alkyl halides is 2. The summed E-state index contributed by atoms with van der Waals surface area (Å²) in [6.07, 6.45) is 0. The third-order valence-corrected chi connectivity index (χ3v) is 1.94. The van der Waals surface area contributed by atoms with Gasteiger partial charge in [-0.2, -0.15) is 8.78 Å². The van der Waals surface area contributed by atoms with Crippen LogP contribution in [0.4, 0.5) is 8.78 Å². The van der Waals surface area contributed by atoms with Crippen LogP contribution >= 0.6 is 0 Å². The standard InChI is InChI=1S/C10H8F2O3/c1-6(13)10(11,12)8-4-2-7(3-5-8)9(14)15/h2-5H,1H3,(H,14,15). The smallest absolute Gasteiger partial charge is 0.335 e. The third-order valence-electron chi connectivity index (χ3n) is 1.94. The fourth-order valence-corrected chi connectivity index (χ4v) is 1.03. The van der Waals surface area contributed by atoms with E-state index in [1.807, 2.05) is 0 Å². The number of benzene rings is 1. The molecule has 0 heterocycles. The summed E-state index contributed by atoms with van der Waals surface area (Å²) in [5.41, 5.74) is -0.599. The lowest BCUT2D eigenvalue weighted by atomic mass is 10.0. The molecule has 0 fully saturated rings. The maximum Gasteiger partial charge on any atom is 0.335 e. The average Bonchev–Trinajstić information content (AvgIpc) is 2.17. The van der Waals surface area contributed by atoms with Crippen LogP contribution in [-0.2, 0) is 10.7 Å². The van der Waals surface area contributed by atoms with Gasteiger partial charge >= 0.3 is 11.9 Å². The summed E-state index contributed by atoms with van der Waals surface area (Å²) in [6.45, 7) is 0.783. The van der Waals surface area contributed by atoms with E-state index < -0.39 is 23.2 Å². The van der Waals surface area contributed by atoms with Crippen molar-refractivity contribution < 1.29 is 23.5 Å². The molecule has 0 atom stereocenters. The van der Waals surface area contributed by atoms with Gasteiger partial charge in [0.25, 0.3) is 0 Å². The summed E-state index contributed by atoms with van der Waals surface area (Å²) >= 11 is 0. The van der Waals surface area contributed by atoms with Crippen molar-refractivity contribution in [3.63, 3.8) is 0 Å². The largest absolute Gasteiger partial charge is 0.478 e. The molecule has 15 heavy (non-hydrogen) atoms. The molecule has 0 bridgehead atoms. The van der Waals surface area contributed by atoms with Crippen LogP contribution in [-0.4, -0.2) is 16.9 Å². The number of Topliss-reactive ketones (excluding diaryl/α,β-unsaturated/α-hetero) is 1. The highest BCUT2D eigenvalue weighted by molar-refractivity contribution is 5.88. The van der Waals surface area contributed by atoms with Gasteiger partial charge in [0.05, 0.1) is 5.56 Å². The maximum atomic E-state index is 13.1. The van der Waals surface area contributed by atoms with Crippen LogP contribution in [0.25, 0.3) is 0 Å². The van der Waals surface area contributed by atoms with E-state index in [2.05, 4.69) is 0 Å². The molecular weight excluding hydrogens is 206 g/mol. The summed E-state index contributed by atoms with van der Waals surface area (Å²) in [4.78, 5) is 21.1. The lowest BCUT2D eigenvalue weighted by molar-refractivity contribution is -0.141. The van der Waals surface area contributed by atoms with Gasteiger partial charge in [0.2, 0.25) is 5.78 Å². The van der Waals surface area contributed by atoms with Crippen molar-refractivity contribution in [3.05, 3.63) is 35.4 Å². The van der Waals surface area contributed by atoms with Gasteiger partial charge in [0.15, 0.2) is 0 Å². The molecule has 0 spiro atoms. The number of carbonyl (C=O) groups is 2. The van der Waals surface area contributed by atoms with E-state index in [1.165, 1.54) is 0 Å². The van der Waals surface area contributed by atoms with Gasteiger partial charge in [-0.25, -0.2) is 4.79 Å². The number of carboxylic acids is 1. The summed E-state index contributed by atoms with van der Waals surface area (Å²) in [7, 11) is 0. The minimum atomic E-state index is -3.56. The molecule has 0 saturated heterocycles. The quantitative estimate of drug-likeness (QED) is 0.837. The van der Waals surface area contributed by atoms with Crippen LogP contribution in [0, 0.1) is 0 Å². The Balaban J connectivity index is 3.09. The van der Waals surface area contributed by atoms with Gasteiger partial charge in [-0.3, -0.25) is 4.79 Å². The number of carboxylic acid groups (broad SMARTS) is 1. The second kappa shape index (κ2) is 3.76. The zero-order chi connectivity index (χ0) is 11.6. The Kier molecular flexibility index (Phi) is 2.83. The SMILES string of the molecule is CC(=O)C(F)(F)c1ccc(C(=O)O)cc1. The monoisotopic (exact) mass is 214 g/mol. The van der Waals surface area contributed by atoms with Gasteiger partial charge in [-0.05, 0) is 12.1 Å². The molecule has 0 aromatic heterocycles. The molecule has 0 aliphatic carbocycles. The molecule has 5 heteroatoms. The number of rotatable bonds is 3. The molecule has 1 N–H and O–H groups in total. The number of hydrogen-bond acceptors (Lipinski definition) is 2. The molecule has 0 amide bonds. The predicted molar refractivity (Wildman–Crippen MR) is 48.0 cm³/mol. The van der Waals surface area contributed by atoms with E-state index in [-0.39, 0.29) is 5.56 Å². The molecule has 80 valence electrons. The Morgan fingerprint density at radius 2 is 1.67 bits per heavy atom. The zero-order valence-electron chi connectivity index (χ0n) is 7.83. The first-order valence-corrected chi connectivity index (χ1v) is 4.08. The Hall–Kier alpha value is -1.78. The van der Waals surface area contributed by atoms with Crippen molar-refractivity contribution in [2.45, 2.75) is 12.8 Å². The first-order valence-electron chi connectivity index (χ1n) is 4.08. The predicted octanol–water partition coefficient (Wildman–Crippen LogP) is 2.07. The molecular formula is C10H8F2O3. The van der Waals surface area contributed by atoms with Crippen LogP contribution in [0.2, 0.25) is 0 Å². The van der Waals surface area contributed by atoms with Gasteiger partial charge < -0.3 is 5.11 Å². The van der Waals surface area contributed by atoms with Crippen molar-refractivity contribution in [1.29, 1.82) is 0 Å². The second-order valence-electron chi connectivity index (χ2n) is 3.01. The third kappa shape index (κ3) is 2.18. The zero-order valence-corrected chi connectivity index (χ0v) is 7.83. The fourth-order valence-electron chi connectivity index (χ4n) is 1.03. The topological polar surface area (TPSA) is 54.4 Å². The molecule has 0 saturated carbocycles. The number of halogens is 2. The number of hydrogen-bond donors (Lipinski definition) is 1. The normalized spacial score (nSPS) is 11.1. The maximum absolute atomic E-state index is 13.1. The van der Waals surface area contributed by atoms with Gasteiger partial charge in [-0.1, -0.05) is 12.1 Å². The van der Waals surface area contributed by atoms with Gasteiger partial charge in [0.1, 0.15) is 0 Å². The van der Waals surface area contributed by atoms with E-state index in [4.69, 9.17) is 5.11 Å². The van der Waals surface area contributed by atoms with E-state index in [0.717, 1.165) is 31.2 Å². The van der Waals surface area contributed by atoms with E-state index in [0.29, 0.717) is 0 Å². The molecule has 0 aliphatic rings. The fraction of sp³-hybridized carbons (Fsp3) is 0.200. The highest BCUT2D eigenvalue weighted by atomic mass is 19.3. The Morgan fingerprint density at radius 3 is 2.00 bits per heavy atom. The van der Waals surface area contributed by atoms with E-state index in [1.54, 1.807) is 0 Å². The lowest BCUT2D eigenvalue weighted by Gasteiger charge is -2.12. The number of aromatic carboxylic acids is 1. The van der Waals surface area contributed by atoms with Gasteiger partial charge in [0, 0.05) is 12.5 Å². The first kappa shape index (κ1) is 11.3. The van der Waals surface area contributed by atoms with Crippen LogP contribution in [0.5, 0.6) is 0 Å². The minimum Gasteiger partial charge on any atom is -0.478 e. The molecule has 1 rings (SSSR count). The highest BCUT2D eigenvalue weighted by Crippen LogP contribution is 2.28. The van der Waals surface area contributed by atoms with Crippen LogP contribution in [0.3, 0.4) is 0 Å². The molecule has 0 aliphatic heterocycles. The summed E-state index contributed by atoms with van der Waals surface area (Å²) < 4.78 is 26.2. The Morgan fingerprint density at radius 1 is 1.20 bits per heavy atom. The summed E-state index contributed by atoms with van der Waals surface area (Å²) in [6, 6.07) is 3.94. The molecule has 0 radical (unpaired) electrons. The number of ketones is 1. The van der Waals surface area contributed by atoms with Crippen LogP contribution < -0.4 is 0 Å². The Bertz CT molecular complexity index is 396. The summed E-state index contributed by atoms with van der Waals surface area (Å²) in [5, 5.41) is 8.53. The molecule has 1 aromatic carbocycles. The average molecular weight is 214 g/mol. The van der Waals surface area contributed by atoms with E-state index in [9.17, 15) is 18.4 Å².